The van der Waals surface area contributed by atoms with Crippen LogP contribution >= 0.6 is 0 Å². The summed E-state index contributed by atoms with van der Waals surface area (Å²) in [5, 5.41) is 0.867. The Labute approximate surface area is 110 Å². The first-order valence-corrected chi connectivity index (χ1v) is 6.02. The van der Waals surface area contributed by atoms with Crippen molar-refractivity contribution in [3.63, 3.8) is 0 Å². The fraction of sp³-hybridized carbons (Fsp3) is 0.0667. The maximum Gasteiger partial charge on any atom is 0.168 e. The van der Waals surface area contributed by atoms with Crippen molar-refractivity contribution >= 4 is 16.7 Å². The molecule has 0 bridgehead atoms. The van der Waals surface area contributed by atoms with Gasteiger partial charge in [-0.05, 0) is 24.3 Å². The van der Waals surface area contributed by atoms with E-state index >= 15 is 0 Å². The molecular formula is C15H13N3O. The molecule has 0 radical (unpaired) electrons. The van der Waals surface area contributed by atoms with Gasteiger partial charge in [0.1, 0.15) is 18.2 Å². The average Bonchev–Trinajstić information content (AvgIpc) is 2.46. The molecule has 0 aliphatic heterocycles. The van der Waals surface area contributed by atoms with Crippen molar-refractivity contribution < 1.29 is 4.74 Å². The molecule has 0 amide bonds. The number of fused-ring (bicyclic) bond motifs is 1. The summed E-state index contributed by atoms with van der Waals surface area (Å²) in [6.45, 7) is 0.305. The van der Waals surface area contributed by atoms with Gasteiger partial charge in [-0.2, -0.15) is 0 Å². The molecule has 0 aliphatic carbocycles. The maximum absolute atomic E-state index is 5.92. The predicted molar refractivity (Wildman–Crippen MR) is 74.7 cm³/mol. The summed E-state index contributed by atoms with van der Waals surface area (Å²) in [5.74, 6) is 1.86. The normalized spacial score (nSPS) is 10.5. The lowest BCUT2D eigenvalue weighted by Gasteiger charge is -2.07. The van der Waals surface area contributed by atoms with Gasteiger partial charge in [-0.1, -0.05) is 30.3 Å². The van der Waals surface area contributed by atoms with Crippen LogP contribution in [0.4, 0.5) is 5.82 Å². The van der Waals surface area contributed by atoms with Crippen LogP contribution in [-0.2, 0) is 6.61 Å². The first-order chi connectivity index (χ1) is 9.33. The van der Waals surface area contributed by atoms with E-state index in [-0.39, 0.29) is 0 Å². The van der Waals surface area contributed by atoms with Gasteiger partial charge in [-0.3, -0.25) is 0 Å². The van der Waals surface area contributed by atoms with Crippen LogP contribution in [0.25, 0.3) is 10.9 Å². The lowest BCUT2D eigenvalue weighted by Crippen LogP contribution is -2.04. The molecule has 4 heteroatoms. The first-order valence-electron chi connectivity index (χ1n) is 6.02. The number of hydrogen-bond donors (Lipinski definition) is 1. The Hall–Kier alpha value is -2.62. The summed E-state index contributed by atoms with van der Waals surface area (Å²) in [4.78, 5) is 8.69. The van der Waals surface area contributed by atoms with Gasteiger partial charge in [0.05, 0.1) is 5.52 Å². The Morgan fingerprint density at radius 3 is 2.47 bits per heavy atom. The fourth-order valence-electron chi connectivity index (χ4n) is 1.88. The molecule has 0 fully saturated rings. The van der Waals surface area contributed by atoms with Gasteiger partial charge in [0.25, 0.3) is 0 Å². The molecule has 19 heavy (non-hydrogen) atoms. The smallest absolute Gasteiger partial charge is 0.168 e. The van der Waals surface area contributed by atoms with Gasteiger partial charge >= 0.3 is 0 Å². The van der Waals surface area contributed by atoms with Crippen LogP contribution in [-0.4, -0.2) is 9.97 Å². The zero-order chi connectivity index (χ0) is 13.1. The number of nitrogens with two attached hydrogens (primary N) is 1. The fourth-order valence-corrected chi connectivity index (χ4v) is 1.88. The SMILES string of the molecule is Nc1nc(COc2ccccc2)nc2ccccc12. The van der Waals surface area contributed by atoms with Crippen molar-refractivity contribution in [1.29, 1.82) is 0 Å². The van der Waals surface area contributed by atoms with Gasteiger partial charge < -0.3 is 10.5 Å². The standard InChI is InChI=1S/C15H13N3O/c16-15-12-8-4-5-9-13(12)17-14(18-15)10-19-11-6-2-1-3-7-11/h1-9H,10H2,(H2,16,17,18). The van der Waals surface area contributed by atoms with Gasteiger partial charge in [0.15, 0.2) is 5.82 Å². The third-order valence-electron chi connectivity index (χ3n) is 2.79. The molecule has 3 rings (SSSR count). The second-order valence-electron chi connectivity index (χ2n) is 4.14. The molecule has 0 unspecified atom stereocenters. The predicted octanol–water partition coefficient (Wildman–Crippen LogP) is 2.79. The Bertz CT molecular complexity index is 698. The van der Waals surface area contributed by atoms with E-state index in [2.05, 4.69) is 9.97 Å². The summed E-state index contributed by atoms with van der Waals surface area (Å²) < 4.78 is 5.62. The van der Waals surface area contributed by atoms with Gasteiger partial charge in [0.2, 0.25) is 0 Å². The van der Waals surface area contributed by atoms with Crippen molar-refractivity contribution in [3.8, 4) is 5.75 Å². The summed E-state index contributed by atoms with van der Waals surface area (Å²) >= 11 is 0. The minimum absolute atomic E-state index is 0.305. The summed E-state index contributed by atoms with van der Waals surface area (Å²) in [7, 11) is 0. The number of para-hydroxylation sites is 2. The molecule has 0 aliphatic rings. The highest BCUT2D eigenvalue weighted by atomic mass is 16.5. The summed E-state index contributed by atoms with van der Waals surface area (Å²) in [6, 6.07) is 17.2. The molecule has 0 saturated carbocycles. The Morgan fingerprint density at radius 2 is 1.63 bits per heavy atom. The van der Waals surface area contributed by atoms with Crippen LogP contribution in [0.1, 0.15) is 5.82 Å². The minimum Gasteiger partial charge on any atom is -0.486 e. The second-order valence-corrected chi connectivity index (χ2v) is 4.14. The zero-order valence-corrected chi connectivity index (χ0v) is 10.3. The van der Waals surface area contributed by atoms with E-state index in [9.17, 15) is 0 Å². The lowest BCUT2D eigenvalue weighted by atomic mass is 10.2. The molecule has 94 valence electrons. The number of hydrogen-bond acceptors (Lipinski definition) is 4. The van der Waals surface area contributed by atoms with Crippen molar-refractivity contribution in [1.82, 2.24) is 9.97 Å². The van der Waals surface area contributed by atoms with E-state index in [1.54, 1.807) is 0 Å². The quantitative estimate of drug-likeness (QED) is 0.777. The molecule has 0 saturated heterocycles. The molecule has 1 aromatic heterocycles. The molecule has 4 nitrogen and oxygen atoms in total. The van der Waals surface area contributed by atoms with Gasteiger partial charge in [0, 0.05) is 5.39 Å². The second kappa shape index (κ2) is 4.94. The van der Waals surface area contributed by atoms with Crippen LogP contribution in [0.2, 0.25) is 0 Å². The lowest BCUT2D eigenvalue weighted by molar-refractivity contribution is 0.296. The third-order valence-corrected chi connectivity index (χ3v) is 2.79. The average molecular weight is 251 g/mol. The van der Waals surface area contributed by atoms with Crippen LogP contribution < -0.4 is 10.5 Å². The van der Waals surface area contributed by atoms with Crippen LogP contribution in [0.15, 0.2) is 54.6 Å². The molecule has 3 aromatic rings. The zero-order valence-electron chi connectivity index (χ0n) is 10.3. The highest BCUT2D eigenvalue weighted by Gasteiger charge is 2.05. The maximum atomic E-state index is 5.92. The van der Waals surface area contributed by atoms with Crippen molar-refractivity contribution in [2.75, 3.05) is 5.73 Å². The number of benzene rings is 2. The van der Waals surface area contributed by atoms with Crippen LogP contribution in [0, 0.1) is 0 Å². The van der Waals surface area contributed by atoms with Crippen molar-refractivity contribution in [2.24, 2.45) is 0 Å². The van der Waals surface area contributed by atoms with Gasteiger partial charge in [-0.15, -0.1) is 0 Å². The number of ether oxygens (including phenoxy) is 1. The Balaban J connectivity index is 1.85. The topological polar surface area (TPSA) is 61.0 Å². The van der Waals surface area contributed by atoms with E-state index < -0.39 is 0 Å². The van der Waals surface area contributed by atoms with E-state index in [4.69, 9.17) is 10.5 Å². The summed E-state index contributed by atoms with van der Waals surface area (Å²) in [6.07, 6.45) is 0. The van der Waals surface area contributed by atoms with Crippen molar-refractivity contribution in [3.05, 3.63) is 60.4 Å². The molecule has 1 heterocycles. The minimum atomic E-state index is 0.305. The highest BCUT2D eigenvalue weighted by molar-refractivity contribution is 5.87. The first kappa shape index (κ1) is 11.5. The number of aromatic nitrogens is 2. The van der Waals surface area contributed by atoms with Gasteiger partial charge in [-0.25, -0.2) is 9.97 Å². The summed E-state index contributed by atoms with van der Waals surface area (Å²) in [5.41, 5.74) is 6.75. The monoisotopic (exact) mass is 251 g/mol. The molecule has 0 spiro atoms. The number of nitrogens with zero attached hydrogens (tertiary/aromatic N) is 2. The third kappa shape index (κ3) is 2.47. The van der Waals surface area contributed by atoms with Crippen molar-refractivity contribution in [2.45, 2.75) is 6.61 Å². The molecule has 0 atom stereocenters. The molecular weight excluding hydrogens is 238 g/mol. The van der Waals surface area contributed by atoms with E-state index in [0.29, 0.717) is 18.2 Å². The number of anilines is 1. The molecule has 2 N–H and O–H groups in total. The van der Waals surface area contributed by atoms with E-state index in [1.807, 2.05) is 54.6 Å². The highest BCUT2D eigenvalue weighted by Crippen LogP contribution is 2.18. The Morgan fingerprint density at radius 1 is 0.895 bits per heavy atom. The number of rotatable bonds is 3. The Kier molecular flexibility index (Phi) is 2.98. The van der Waals surface area contributed by atoms with E-state index in [1.165, 1.54) is 0 Å². The largest absolute Gasteiger partial charge is 0.486 e. The number of nitrogen functional groups attached to an aromatic ring is 1. The van der Waals surface area contributed by atoms with Crippen LogP contribution in [0.5, 0.6) is 5.75 Å². The van der Waals surface area contributed by atoms with Crippen LogP contribution in [0.3, 0.4) is 0 Å². The van der Waals surface area contributed by atoms with E-state index in [0.717, 1.165) is 16.7 Å². The molecule has 2 aromatic carbocycles.